The molecule has 0 aromatic heterocycles. The summed E-state index contributed by atoms with van der Waals surface area (Å²) >= 11 is 0. The summed E-state index contributed by atoms with van der Waals surface area (Å²) in [5, 5.41) is 5.27. The Morgan fingerprint density at radius 1 is 0.789 bits per heavy atom. The second-order valence-corrected chi connectivity index (χ2v) is 11.3. The van der Waals surface area contributed by atoms with Crippen LogP contribution in [0.1, 0.15) is 99.0 Å². The Hall–Kier alpha value is -3.10. The Bertz CT molecular complexity index is 888. The summed E-state index contributed by atoms with van der Waals surface area (Å²) in [7, 11) is 0. The molecule has 1 rings (SSSR count). The fourth-order valence-electron chi connectivity index (χ4n) is 3.50. The minimum absolute atomic E-state index is 0.0189. The van der Waals surface area contributed by atoms with Gasteiger partial charge in [0.25, 0.3) is 0 Å². The van der Waals surface area contributed by atoms with Gasteiger partial charge in [-0.05, 0) is 59.9 Å². The topological polar surface area (TPSA) is 120 Å². The molecule has 0 aliphatic carbocycles. The van der Waals surface area contributed by atoms with Crippen LogP contribution < -0.4 is 10.6 Å². The number of benzene rings is 1. The second kappa shape index (κ2) is 16.0. The predicted octanol–water partition coefficient (Wildman–Crippen LogP) is 5.20. The Kier molecular flexibility index (Phi) is 13.9. The minimum Gasteiger partial charge on any atom is -0.460 e. The largest absolute Gasteiger partial charge is 0.460 e. The molecule has 9 heteroatoms. The zero-order valence-electron chi connectivity index (χ0n) is 24.1. The van der Waals surface area contributed by atoms with Gasteiger partial charge in [-0.15, -0.1) is 0 Å². The molecule has 38 heavy (non-hydrogen) atoms. The van der Waals surface area contributed by atoms with E-state index in [9.17, 15) is 19.2 Å². The number of nitrogens with one attached hydrogen (secondary N) is 2. The van der Waals surface area contributed by atoms with Gasteiger partial charge in [0.1, 0.15) is 29.9 Å². The monoisotopic (exact) mass is 534 g/mol. The molecule has 2 unspecified atom stereocenters. The molecule has 214 valence electrons. The molecule has 0 bridgehead atoms. The van der Waals surface area contributed by atoms with E-state index >= 15 is 0 Å². The van der Waals surface area contributed by atoms with E-state index < -0.39 is 47.2 Å². The maximum Gasteiger partial charge on any atom is 0.408 e. The first-order valence-corrected chi connectivity index (χ1v) is 13.4. The molecule has 0 heterocycles. The second-order valence-electron chi connectivity index (χ2n) is 11.3. The quantitative estimate of drug-likeness (QED) is 0.191. The number of rotatable bonds is 14. The summed E-state index contributed by atoms with van der Waals surface area (Å²) in [6, 6.07) is 7.12. The number of esters is 2. The molecule has 2 N–H and O–H groups in total. The van der Waals surface area contributed by atoms with E-state index in [1.54, 1.807) is 41.5 Å². The van der Waals surface area contributed by atoms with Crippen LogP contribution in [0.25, 0.3) is 0 Å². The van der Waals surface area contributed by atoms with Crippen molar-refractivity contribution < 1.29 is 33.4 Å². The van der Waals surface area contributed by atoms with Crippen LogP contribution in [0.2, 0.25) is 0 Å². The predicted molar refractivity (Wildman–Crippen MR) is 145 cm³/mol. The molecular weight excluding hydrogens is 488 g/mol. The Balaban J connectivity index is 2.95. The van der Waals surface area contributed by atoms with Gasteiger partial charge in [-0.25, -0.2) is 9.59 Å². The standard InChI is InChI=1S/C29H46N2O7/c1-8-9-10-14-17-23(26(34)38-29(5,6)7)30-25(33)22(18-19-24(32)37-28(2,3)4)31-27(35)36-20-21-15-12-11-13-16-21/h11-13,15-16,22-23H,8-10,14,17-20H2,1-7H3,(H,30,33)(H,31,35). The number of carbonyl (C=O) groups is 4. The molecule has 0 aliphatic rings. The van der Waals surface area contributed by atoms with Crippen molar-refractivity contribution in [3.63, 3.8) is 0 Å². The average molecular weight is 535 g/mol. The summed E-state index contributed by atoms with van der Waals surface area (Å²) < 4.78 is 16.1. The summed E-state index contributed by atoms with van der Waals surface area (Å²) in [5.41, 5.74) is -0.620. The molecule has 2 atom stereocenters. The van der Waals surface area contributed by atoms with E-state index in [1.807, 2.05) is 30.3 Å². The van der Waals surface area contributed by atoms with Crippen LogP contribution in [0.4, 0.5) is 4.79 Å². The first-order valence-electron chi connectivity index (χ1n) is 13.4. The first-order chi connectivity index (χ1) is 17.7. The molecule has 0 spiro atoms. The lowest BCUT2D eigenvalue weighted by Crippen LogP contribution is -2.52. The highest BCUT2D eigenvalue weighted by Crippen LogP contribution is 2.14. The lowest BCUT2D eigenvalue weighted by molar-refractivity contribution is -0.159. The van der Waals surface area contributed by atoms with Crippen molar-refractivity contribution in [1.29, 1.82) is 0 Å². The van der Waals surface area contributed by atoms with Gasteiger partial charge in [0.05, 0.1) is 0 Å². The molecule has 0 radical (unpaired) electrons. The van der Waals surface area contributed by atoms with Gasteiger partial charge in [0.15, 0.2) is 0 Å². The van der Waals surface area contributed by atoms with E-state index in [1.165, 1.54) is 0 Å². The smallest absolute Gasteiger partial charge is 0.408 e. The number of ether oxygens (including phenoxy) is 3. The Morgan fingerprint density at radius 2 is 1.42 bits per heavy atom. The third-order valence-electron chi connectivity index (χ3n) is 5.23. The van der Waals surface area contributed by atoms with E-state index in [0.29, 0.717) is 6.42 Å². The highest BCUT2D eigenvalue weighted by molar-refractivity contribution is 5.90. The lowest BCUT2D eigenvalue weighted by atomic mass is 10.0. The van der Waals surface area contributed by atoms with Crippen LogP contribution in [-0.4, -0.2) is 47.2 Å². The third-order valence-corrected chi connectivity index (χ3v) is 5.23. The van der Waals surface area contributed by atoms with Gasteiger partial charge >= 0.3 is 18.0 Å². The summed E-state index contributed by atoms with van der Waals surface area (Å²) in [6.07, 6.45) is 3.14. The van der Waals surface area contributed by atoms with Gasteiger partial charge in [-0.2, -0.15) is 0 Å². The first kappa shape index (κ1) is 32.9. The maximum absolute atomic E-state index is 13.3. The normalized spacial score (nSPS) is 13.1. The summed E-state index contributed by atoms with van der Waals surface area (Å²) in [6.45, 7) is 12.6. The van der Waals surface area contributed by atoms with Crippen LogP contribution in [0.15, 0.2) is 30.3 Å². The van der Waals surface area contributed by atoms with Crippen molar-refractivity contribution in [2.45, 2.75) is 123 Å². The molecule has 1 aromatic rings. The molecule has 2 amide bonds. The number of carbonyl (C=O) groups excluding carboxylic acids is 4. The fourth-order valence-corrected chi connectivity index (χ4v) is 3.50. The number of hydrogen-bond donors (Lipinski definition) is 2. The van der Waals surface area contributed by atoms with E-state index in [-0.39, 0.29) is 19.4 Å². The van der Waals surface area contributed by atoms with Gasteiger partial charge < -0.3 is 24.8 Å². The van der Waals surface area contributed by atoms with Crippen molar-refractivity contribution >= 4 is 23.9 Å². The van der Waals surface area contributed by atoms with Crippen molar-refractivity contribution in [2.75, 3.05) is 0 Å². The van der Waals surface area contributed by atoms with Gasteiger partial charge in [-0.3, -0.25) is 9.59 Å². The Morgan fingerprint density at radius 3 is 2.00 bits per heavy atom. The SMILES string of the molecule is CCCCCCC(NC(=O)C(CCC(=O)OC(C)(C)C)NC(=O)OCc1ccccc1)C(=O)OC(C)(C)C. The van der Waals surface area contributed by atoms with Crippen LogP contribution in [0.3, 0.4) is 0 Å². The molecule has 1 aromatic carbocycles. The highest BCUT2D eigenvalue weighted by Gasteiger charge is 2.31. The molecule has 9 nitrogen and oxygen atoms in total. The molecular formula is C29H46N2O7. The van der Waals surface area contributed by atoms with E-state index in [4.69, 9.17) is 14.2 Å². The zero-order valence-corrected chi connectivity index (χ0v) is 24.1. The van der Waals surface area contributed by atoms with E-state index in [2.05, 4.69) is 17.6 Å². The van der Waals surface area contributed by atoms with Gasteiger partial charge in [-0.1, -0.05) is 62.9 Å². The van der Waals surface area contributed by atoms with Gasteiger partial charge in [0, 0.05) is 6.42 Å². The van der Waals surface area contributed by atoms with Crippen LogP contribution in [-0.2, 0) is 35.2 Å². The molecule has 0 saturated carbocycles. The number of amides is 2. The molecule has 0 saturated heterocycles. The van der Waals surface area contributed by atoms with Crippen molar-refractivity contribution in [2.24, 2.45) is 0 Å². The van der Waals surface area contributed by atoms with E-state index in [0.717, 1.165) is 31.2 Å². The van der Waals surface area contributed by atoms with Crippen molar-refractivity contribution in [1.82, 2.24) is 10.6 Å². The average Bonchev–Trinajstić information content (AvgIpc) is 2.80. The number of hydrogen-bond acceptors (Lipinski definition) is 7. The summed E-state index contributed by atoms with van der Waals surface area (Å²) in [4.78, 5) is 51.0. The molecule has 0 aliphatic heterocycles. The number of unbranched alkanes of at least 4 members (excludes halogenated alkanes) is 3. The van der Waals surface area contributed by atoms with Crippen LogP contribution in [0.5, 0.6) is 0 Å². The molecule has 0 fully saturated rings. The van der Waals surface area contributed by atoms with Crippen LogP contribution in [0, 0.1) is 0 Å². The van der Waals surface area contributed by atoms with Crippen molar-refractivity contribution in [3.05, 3.63) is 35.9 Å². The minimum atomic E-state index is -1.12. The van der Waals surface area contributed by atoms with Crippen LogP contribution >= 0.6 is 0 Å². The maximum atomic E-state index is 13.3. The summed E-state index contributed by atoms with van der Waals surface area (Å²) in [5.74, 6) is -1.64. The van der Waals surface area contributed by atoms with Crippen molar-refractivity contribution in [3.8, 4) is 0 Å². The fraction of sp³-hybridized carbons (Fsp3) is 0.655. The number of alkyl carbamates (subject to hydrolysis) is 1. The highest BCUT2D eigenvalue weighted by atomic mass is 16.6. The zero-order chi connectivity index (χ0) is 28.8. The third kappa shape index (κ3) is 15.2. The Labute approximate surface area is 227 Å². The lowest BCUT2D eigenvalue weighted by Gasteiger charge is -2.26. The van der Waals surface area contributed by atoms with Gasteiger partial charge in [0.2, 0.25) is 5.91 Å².